The van der Waals surface area contributed by atoms with Crippen LogP contribution in [0.2, 0.25) is 0 Å². The molecule has 1 aliphatic rings. The van der Waals surface area contributed by atoms with E-state index in [1.54, 1.807) is 11.8 Å². The van der Waals surface area contributed by atoms with Crippen LogP contribution in [0.25, 0.3) is 11.1 Å². The average Bonchev–Trinajstić information content (AvgIpc) is 2.89. The Kier molecular flexibility index (Phi) is 4.29. The maximum absolute atomic E-state index is 10.9. The lowest BCUT2D eigenvalue weighted by Gasteiger charge is -2.38. The third kappa shape index (κ3) is 2.85. The number of hydrogen-bond acceptors (Lipinski definition) is 5. The van der Waals surface area contributed by atoms with Crippen molar-refractivity contribution in [1.82, 2.24) is 4.98 Å². The Morgan fingerprint density at radius 2 is 2.25 bits per heavy atom. The molecule has 0 saturated heterocycles. The van der Waals surface area contributed by atoms with Crippen LogP contribution in [0.4, 0.5) is 0 Å². The Morgan fingerprint density at radius 3 is 3.05 bits per heavy atom. The predicted molar refractivity (Wildman–Crippen MR) is 85.5 cm³/mol. The maximum atomic E-state index is 10.9. The van der Waals surface area contributed by atoms with Crippen LogP contribution in [0.15, 0.2) is 33.9 Å². The molecule has 0 radical (unpaired) electrons. The zero-order chi connectivity index (χ0) is 14.0. The van der Waals surface area contributed by atoms with Gasteiger partial charge in [-0.25, -0.2) is 4.98 Å². The van der Waals surface area contributed by atoms with E-state index in [1.165, 1.54) is 18.2 Å². The fourth-order valence-electron chi connectivity index (χ4n) is 2.79. The minimum Gasteiger partial charge on any atom is -0.431 e. The van der Waals surface area contributed by atoms with Crippen LogP contribution in [0, 0.1) is 0 Å². The summed E-state index contributed by atoms with van der Waals surface area (Å²) in [6.07, 6.45) is 6.41. The van der Waals surface area contributed by atoms with Crippen molar-refractivity contribution in [2.24, 2.45) is 0 Å². The molecule has 20 heavy (non-hydrogen) atoms. The normalized spacial score (nSPS) is 27.0. The summed E-state index contributed by atoms with van der Waals surface area (Å²) < 4.78 is 5.71. The van der Waals surface area contributed by atoms with E-state index in [1.807, 2.05) is 24.3 Å². The van der Waals surface area contributed by atoms with Gasteiger partial charge in [-0.05, 0) is 31.2 Å². The molecule has 1 aliphatic carbocycles. The standard InChI is InChI=1S/C15H19NO2S2/c1-19-13-8-4-5-9-15(13,17)10-20-14-16-11-6-2-3-7-12(11)18-14/h2-3,6-7,13,17H,4-5,8-10H2,1H3/t13-,15-/m1/s1. The summed E-state index contributed by atoms with van der Waals surface area (Å²) in [6.45, 7) is 0. The Morgan fingerprint density at radius 1 is 1.40 bits per heavy atom. The van der Waals surface area contributed by atoms with Gasteiger partial charge >= 0.3 is 0 Å². The van der Waals surface area contributed by atoms with Crippen molar-refractivity contribution in [2.45, 2.75) is 41.8 Å². The lowest BCUT2D eigenvalue weighted by atomic mass is 9.86. The highest BCUT2D eigenvalue weighted by atomic mass is 32.2. The van der Waals surface area contributed by atoms with Crippen LogP contribution in [-0.4, -0.2) is 33.0 Å². The molecule has 2 atom stereocenters. The van der Waals surface area contributed by atoms with Crippen LogP contribution in [0.3, 0.4) is 0 Å². The minimum atomic E-state index is -0.594. The Bertz CT molecular complexity index is 553. The summed E-state index contributed by atoms with van der Waals surface area (Å²) in [7, 11) is 0. The molecule has 1 saturated carbocycles. The zero-order valence-corrected chi connectivity index (χ0v) is 13.2. The van der Waals surface area contributed by atoms with Crippen LogP contribution < -0.4 is 0 Å². The number of aliphatic hydroxyl groups is 1. The molecule has 3 rings (SSSR count). The summed E-state index contributed by atoms with van der Waals surface area (Å²) in [5.74, 6) is 0.658. The minimum absolute atomic E-state index is 0.327. The number of thioether (sulfide) groups is 2. The molecule has 1 heterocycles. The average molecular weight is 309 g/mol. The Hall–Kier alpha value is -0.650. The zero-order valence-electron chi connectivity index (χ0n) is 11.5. The highest BCUT2D eigenvalue weighted by Gasteiger charge is 2.38. The molecule has 1 N–H and O–H groups in total. The Labute approximate surface area is 127 Å². The molecule has 3 nitrogen and oxygen atoms in total. The van der Waals surface area contributed by atoms with Crippen LogP contribution >= 0.6 is 23.5 Å². The maximum Gasteiger partial charge on any atom is 0.256 e. The smallest absolute Gasteiger partial charge is 0.256 e. The van der Waals surface area contributed by atoms with E-state index in [9.17, 15) is 5.11 Å². The first kappa shape index (κ1) is 14.3. The van der Waals surface area contributed by atoms with Gasteiger partial charge in [0.1, 0.15) is 5.52 Å². The van der Waals surface area contributed by atoms with Crippen LogP contribution in [0.1, 0.15) is 25.7 Å². The summed E-state index contributed by atoms with van der Waals surface area (Å²) >= 11 is 3.31. The first-order valence-electron chi connectivity index (χ1n) is 6.95. The fraction of sp³-hybridized carbons (Fsp3) is 0.533. The summed E-state index contributed by atoms with van der Waals surface area (Å²) in [6, 6.07) is 7.77. The van der Waals surface area contributed by atoms with Gasteiger partial charge in [0.2, 0.25) is 0 Å². The first-order chi connectivity index (χ1) is 9.71. The largest absolute Gasteiger partial charge is 0.431 e. The molecular weight excluding hydrogens is 290 g/mol. The summed E-state index contributed by atoms with van der Waals surface area (Å²) in [5.41, 5.74) is 1.10. The third-order valence-electron chi connectivity index (χ3n) is 3.93. The fourth-order valence-corrected chi connectivity index (χ4v) is 4.97. The van der Waals surface area contributed by atoms with Crippen molar-refractivity contribution < 1.29 is 9.52 Å². The van der Waals surface area contributed by atoms with Crippen molar-refractivity contribution in [2.75, 3.05) is 12.0 Å². The number of fused-ring (bicyclic) bond motifs is 1. The van der Waals surface area contributed by atoms with Crippen LogP contribution in [-0.2, 0) is 0 Å². The van der Waals surface area contributed by atoms with Gasteiger partial charge in [-0.15, -0.1) is 0 Å². The quantitative estimate of drug-likeness (QED) is 0.866. The van der Waals surface area contributed by atoms with Gasteiger partial charge in [0.25, 0.3) is 5.22 Å². The van der Waals surface area contributed by atoms with Crippen molar-refractivity contribution in [1.29, 1.82) is 0 Å². The second kappa shape index (κ2) is 6.00. The van der Waals surface area contributed by atoms with Gasteiger partial charge in [-0.2, -0.15) is 11.8 Å². The van der Waals surface area contributed by atoms with Gasteiger partial charge in [0.15, 0.2) is 5.58 Å². The third-order valence-corrected chi connectivity index (χ3v) is 6.24. The molecule has 0 spiro atoms. The van der Waals surface area contributed by atoms with E-state index in [-0.39, 0.29) is 0 Å². The molecule has 1 fully saturated rings. The molecular formula is C15H19NO2S2. The lowest BCUT2D eigenvalue weighted by molar-refractivity contribution is 0.0339. The van der Waals surface area contributed by atoms with Gasteiger partial charge in [0, 0.05) is 11.0 Å². The van der Waals surface area contributed by atoms with E-state index >= 15 is 0 Å². The molecule has 1 aromatic heterocycles. The van der Waals surface area contributed by atoms with Crippen LogP contribution in [0.5, 0.6) is 0 Å². The van der Waals surface area contributed by atoms with E-state index in [0.717, 1.165) is 30.4 Å². The van der Waals surface area contributed by atoms with E-state index in [2.05, 4.69) is 11.2 Å². The number of para-hydroxylation sites is 2. The van der Waals surface area contributed by atoms with Crippen molar-refractivity contribution in [3.63, 3.8) is 0 Å². The Balaban J connectivity index is 1.71. The van der Waals surface area contributed by atoms with E-state index in [4.69, 9.17) is 4.42 Å². The molecule has 0 aliphatic heterocycles. The molecule has 0 amide bonds. The predicted octanol–water partition coefficient (Wildman–Crippen LogP) is 3.96. The SMILES string of the molecule is CS[C@@H]1CCCC[C@@]1(O)CSc1nc2ccccc2o1. The topological polar surface area (TPSA) is 46.3 Å². The van der Waals surface area contributed by atoms with Gasteiger partial charge < -0.3 is 9.52 Å². The number of hydrogen-bond donors (Lipinski definition) is 1. The monoisotopic (exact) mass is 309 g/mol. The highest BCUT2D eigenvalue weighted by Crippen LogP contribution is 2.39. The van der Waals surface area contributed by atoms with Gasteiger partial charge in [0.05, 0.1) is 5.60 Å². The molecule has 0 unspecified atom stereocenters. The number of aromatic nitrogens is 1. The second-order valence-electron chi connectivity index (χ2n) is 5.31. The number of rotatable bonds is 4. The lowest BCUT2D eigenvalue weighted by Crippen LogP contribution is -2.45. The van der Waals surface area contributed by atoms with Crippen molar-refractivity contribution >= 4 is 34.6 Å². The van der Waals surface area contributed by atoms with Gasteiger partial charge in [-0.1, -0.05) is 36.7 Å². The van der Waals surface area contributed by atoms with Crippen molar-refractivity contribution in [3.05, 3.63) is 24.3 Å². The molecule has 108 valence electrons. The van der Waals surface area contributed by atoms with E-state index < -0.39 is 5.60 Å². The first-order valence-corrected chi connectivity index (χ1v) is 9.22. The molecule has 5 heteroatoms. The number of oxazole rings is 1. The highest BCUT2D eigenvalue weighted by molar-refractivity contribution is 8.00. The molecule has 0 bridgehead atoms. The van der Waals surface area contributed by atoms with E-state index in [0.29, 0.717) is 16.2 Å². The number of nitrogens with zero attached hydrogens (tertiary/aromatic N) is 1. The second-order valence-corrected chi connectivity index (χ2v) is 7.28. The molecule has 2 aromatic rings. The van der Waals surface area contributed by atoms with Crippen molar-refractivity contribution in [3.8, 4) is 0 Å². The summed E-state index contributed by atoms with van der Waals surface area (Å²) in [5, 5.41) is 11.8. The molecule has 1 aromatic carbocycles. The number of benzene rings is 1. The van der Waals surface area contributed by atoms with Gasteiger partial charge in [-0.3, -0.25) is 0 Å². The summed E-state index contributed by atoms with van der Waals surface area (Å²) in [4.78, 5) is 4.46.